The van der Waals surface area contributed by atoms with Crippen LogP contribution in [-0.2, 0) is 14.6 Å². The van der Waals surface area contributed by atoms with Crippen molar-refractivity contribution in [2.75, 3.05) is 0 Å². The first kappa shape index (κ1) is 11.2. The second-order valence-corrected chi connectivity index (χ2v) is 6.44. The third-order valence-corrected chi connectivity index (χ3v) is 5.06. The monoisotopic (exact) mass is 261 g/mol. The number of sulfone groups is 1. The van der Waals surface area contributed by atoms with Crippen molar-refractivity contribution in [3.8, 4) is 0 Å². The minimum absolute atomic E-state index is 0.0508. The zero-order chi connectivity index (χ0) is 12.8. The first-order valence-corrected chi connectivity index (χ1v) is 7.14. The second kappa shape index (κ2) is 3.81. The highest BCUT2D eigenvalue weighted by Gasteiger charge is 2.37. The molecule has 1 amide bonds. The molecule has 0 radical (unpaired) electrons. The maximum atomic E-state index is 12.2. The average Bonchev–Trinajstić information content (AvgIpc) is 2.34. The Morgan fingerprint density at radius 1 is 1.06 bits per heavy atom. The van der Waals surface area contributed by atoms with Gasteiger partial charge in [-0.3, -0.25) is 4.79 Å². The first-order chi connectivity index (χ1) is 8.57. The van der Waals surface area contributed by atoms with Gasteiger partial charge in [-0.15, -0.1) is 0 Å². The third-order valence-electron chi connectivity index (χ3n) is 3.12. The number of benzene rings is 2. The van der Waals surface area contributed by atoms with E-state index >= 15 is 0 Å². The van der Waals surface area contributed by atoms with Gasteiger partial charge >= 0.3 is 0 Å². The predicted octanol–water partition coefficient (Wildman–Crippen LogP) is 1.46. The summed E-state index contributed by atoms with van der Waals surface area (Å²) >= 11 is 0. The number of carbonyl (C=O) groups excluding carboxylic acids is 1. The molecular weight excluding hydrogens is 250 g/mol. The lowest BCUT2D eigenvalue weighted by Crippen LogP contribution is -2.52. The van der Waals surface area contributed by atoms with Crippen LogP contribution >= 0.6 is 0 Å². The van der Waals surface area contributed by atoms with E-state index in [9.17, 15) is 13.2 Å². The molecule has 0 aliphatic carbocycles. The molecule has 1 fully saturated rings. The van der Waals surface area contributed by atoms with Gasteiger partial charge in [-0.1, -0.05) is 30.3 Å². The fourth-order valence-corrected chi connectivity index (χ4v) is 3.56. The Morgan fingerprint density at radius 3 is 2.39 bits per heavy atom. The number of hydrogen-bond acceptors (Lipinski definition) is 3. The van der Waals surface area contributed by atoms with E-state index < -0.39 is 15.2 Å². The molecule has 4 nitrogen and oxygen atoms in total. The van der Waals surface area contributed by atoms with Crippen LogP contribution < -0.4 is 5.32 Å². The lowest BCUT2D eigenvalue weighted by molar-refractivity contribution is -0.126. The largest absolute Gasteiger partial charge is 0.339 e. The van der Waals surface area contributed by atoms with Crippen molar-refractivity contribution < 1.29 is 13.2 Å². The number of fused-ring (bicyclic) bond motifs is 1. The lowest BCUT2D eigenvalue weighted by Gasteiger charge is -2.26. The normalized spacial score (nSPS) is 19.3. The average molecular weight is 261 g/mol. The minimum atomic E-state index is -3.46. The van der Waals surface area contributed by atoms with E-state index in [0.29, 0.717) is 0 Å². The number of nitrogens with one attached hydrogen (secondary N) is 1. The molecule has 0 bridgehead atoms. The molecule has 18 heavy (non-hydrogen) atoms. The highest BCUT2D eigenvalue weighted by molar-refractivity contribution is 7.92. The minimum Gasteiger partial charge on any atom is -0.339 e. The molecule has 0 aromatic heterocycles. The molecule has 1 atom stereocenters. The van der Waals surface area contributed by atoms with Crippen molar-refractivity contribution in [3.63, 3.8) is 0 Å². The zero-order valence-corrected chi connectivity index (χ0v) is 10.3. The molecule has 2 aromatic carbocycles. The zero-order valence-electron chi connectivity index (χ0n) is 9.46. The van der Waals surface area contributed by atoms with Crippen molar-refractivity contribution in [2.24, 2.45) is 0 Å². The number of rotatable bonds is 2. The summed E-state index contributed by atoms with van der Waals surface area (Å²) in [5.74, 6) is -0.218. The SMILES string of the molecule is O=C1CC(S(=O)(=O)c2ccc3ccccc3c2)N1. The summed E-state index contributed by atoms with van der Waals surface area (Å²) in [6.07, 6.45) is 0.0508. The van der Waals surface area contributed by atoms with Gasteiger partial charge in [-0.25, -0.2) is 8.42 Å². The van der Waals surface area contributed by atoms with Gasteiger partial charge < -0.3 is 5.32 Å². The summed E-state index contributed by atoms with van der Waals surface area (Å²) in [6.45, 7) is 0. The van der Waals surface area contributed by atoms with Crippen molar-refractivity contribution in [2.45, 2.75) is 16.7 Å². The Balaban J connectivity index is 2.06. The number of hydrogen-bond donors (Lipinski definition) is 1. The molecular formula is C13H11NO3S. The van der Waals surface area contributed by atoms with Gasteiger partial charge in [0.1, 0.15) is 5.37 Å². The summed E-state index contributed by atoms with van der Waals surface area (Å²) in [5.41, 5.74) is 0. The standard InChI is InChI=1S/C13H11NO3S/c15-12-8-13(14-12)18(16,17)11-6-5-9-3-1-2-4-10(9)7-11/h1-7,13H,8H2,(H,14,15). The van der Waals surface area contributed by atoms with E-state index in [1.807, 2.05) is 24.3 Å². The van der Waals surface area contributed by atoms with E-state index in [4.69, 9.17) is 0 Å². The maximum absolute atomic E-state index is 12.2. The van der Waals surface area contributed by atoms with E-state index in [0.717, 1.165) is 10.8 Å². The van der Waals surface area contributed by atoms with Crippen molar-refractivity contribution in [1.29, 1.82) is 0 Å². The summed E-state index contributed by atoms with van der Waals surface area (Å²) in [4.78, 5) is 11.1. The molecule has 1 aliphatic rings. The Hall–Kier alpha value is -1.88. The van der Waals surface area contributed by atoms with Gasteiger partial charge in [0.25, 0.3) is 0 Å². The van der Waals surface area contributed by atoms with Gasteiger partial charge in [-0.05, 0) is 22.9 Å². The van der Waals surface area contributed by atoms with E-state index in [-0.39, 0.29) is 17.2 Å². The van der Waals surface area contributed by atoms with Gasteiger partial charge in [0.15, 0.2) is 9.84 Å². The summed E-state index contributed by atoms with van der Waals surface area (Å²) in [7, 11) is -3.46. The van der Waals surface area contributed by atoms with Crippen LogP contribution in [-0.4, -0.2) is 19.7 Å². The Kier molecular flexibility index (Phi) is 2.38. The Labute approximate surface area is 105 Å². The van der Waals surface area contributed by atoms with Crippen LogP contribution in [0.2, 0.25) is 0 Å². The molecule has 0 spiro atoms. The van der Waals surface area contributed by atoms with Gasteiger partial charge in [0, 0.05) is 0 Å². The molecule has 5 heteroatoms. The maximum Gasteiger partial charge on any atom is 0.224 e. The van der Waals surface area contributed by atoms with Crippen LogP contribution in [0.4, 0.5) is 0 Å². The first-order valence-electron chi connectivity index (χ1n) is 5.59. The van der Waals surface area contributed by atoms with Crippen LogP contribution in [0.3, 0.4) is 0 Å². The predicted molar refractivity (Wildman–Crippen MR) is 67.7 cm³/mol. The van der Waals surface area contributed by atoms with Crippen LogP contribution in [0.5, 0.6) is 0 Å². The quantitative estimate of drug-likeness (QED) is 0.832. The highest BCUT2D eigenvalue weighted by atomic mass is 32.2. The van der Waals surface area contributed by atoms with E-state index in [2.05, 4.69) is 5.32 Å². The Bertz CT molecular complexity index is 729. The number of carbonyl (C=O) groups is 1. The number of β-lactam (4-membered cyclic amide) rings is 1. The molecule has 3 rings (SSSR count). The molecule has 2 aromatic rings. The lowest BCUT2D eigenvalue weighted by atomic mass is 10.1. The van der Waals surface area contributed by atoms with Crippen molar-refractivity contribution >= 4 is 26.5 Å². The van der Waals surface area contributed by atoms with Crippen LogP contribution in [0.25, 0.3) is 10.8 Å². The fraction of sp³-hybridized carbons (Fsp3) is 0.154. The Morgan fingerprint density at radius 2 is 1.72 bits per heavy atom. The van der Waals surface area contributed by atoms with Crippen LogP contribution in [0.15, 0.2) is 47.4 Å². The van der Waals surface area contributed by atoms with E-state index in [1.54, 1.807) is 18.2 Å². The van der Waals surface area contributed by atoms with Crippen molar-refractivity contribution in [1.82, 2.24) is 5.32 Å². The van der Waals surface area contributed by atoms with E-state index in [1.165, 1.54) is 0 Å². The smallest absolute Gasteiger partial charge is 0.224 e. The third kappa shape index (κ3) is 1.67. The topological polar surface area (TPSA) is 63.2 Å². The molecule has 1 aliphatic heterocycles. The molecule has 1 N–H and O–H groups in total. The van der Waals surface area contributed by atoms with Crippen LogP contribution in [0, 0.1) is 0 Å². The molecule has 1 heterocycles. The number of amides is 1. The van der Waals surface area contributed by atoms with Gasteiger partial charge in [0.2, 0.25) is 5.91 Å². The van der Waals surface area contributed by atoms with Gasteiger partial charge in [0.05, 0.1) is 11.3 Å². The highest BCUT2D eigenvalue weighted by Crippen LogP contribution is 2.24. The van der Waals surface area contributed by atoms with Crippen LogP contribution in [0.1, 0.15) is 6.42 Å². The molecule has 1 unspecified atom stereocenters. The molecule has 92 valence electrons. The summed E-state index contributed by atoms with van der Waals surface area (Å²) in [5, 5.41) is 3.50. The molecule has 1 saturated heterocycles. The molecule has 0 saturated carbocycles. The van der Waals surface area contributed by atoms with Crippen molar-refractivity contribution in [3.05, 3.63) is 42.5 Å². The van der Waals surface area contributed by atoms with Gasteiger partial charge in [-0.2, -0.15) is 0 Å². The summed E-state index contributed by atoms with van der Waals surface area (Å²) in [6, 6.07) is 12.6. The fourth-order valence-electron chi connectivity index (χ4n) is 2.02. The summed E-state index contributed by atoms with van der Waals surface area (Å²) < 4.78 is 24.4. The second-order valence-electron chi connectivity index (χ2n) is 4.31.